The van der Waals surface area contributed by atoms with Crippen molar-refractivity contribution in [3.8, 4) is 0 Å². The van der Waals surface area contributed by atoms with Crippen molar-refractivity contribution in [3.05, 3.63) is 0 Å². The van der Waals surface area contributed by atoms with Crippen molar-refractivity contribution in [2.45, 2.75) is 52.5 Å². The smallest absolute Gasteiger partial charge is 0.321 e. The first kappa shape index (κ1) is 22.3. The van der Waals surface area contributed by atoms with Crippen LogP contribution in [0.1, 0.15) is 46.5 Å². The molecule has 1 unspecified atom stereocenters. The van der Waals surface area contributed by atoms with Crippen LogP contribution in [0.2, 0.25) is 0 Å². The fourth-order valence-electron chi connectivity index (χ4n) is 2.26. The summed E-state index contributed by atoms with van der Waals surface area (Å²) in [6.07, 6.45) is 5.47. The Labute approximate surface area is 130 Å². The third-order valence-electron chi connectivity index (χ3n) is 3.23. The summed E-state index contributed by atoms with van der Waals surface area (Å²) in [5.74, 6) is -0.554. The summed E-state index contributed by atoms with van der Waals surface area (Å²) in [4.78, 5) is 24.1. The summed E-state index contributed by atoms with van der Waals surface area (Å²) in [5.41, 5.74) is 0. The van der Waals surface area contributed by atoms with Crippen molar-refractivity contribution >= 4 is 12.3 Å². The van der Waals surface area contributed by atoms with E-state index in [1.807, 2.05) is 25.8 Å². The molecule has 0 aromatic rings. The molecule has 0 heterocycles. The molecule has 0 saturated heterocycles. The average molecular weight is 302 g/mol. The van der Waals surface area contributed by atoms with Gasteiger partial charge in [-0.05, 0) is 59.9 Å². The number of likely N-dealkylation sites (N-methyl/N-ethyl adjacent to an activating group) is 1. The molecule has 0 radical (unpaired) electrons. The summed E-state index contributed by atoms with van der Waals surface area (Å²) in [6.45, 7) is 7.38. The van der Waals surface area contributed by atoms with Crippen molar-refractivity contribution in [1.82, 2.24) is 9.80 Å². The Balaban J connectivity index is 0. The molecule has 21 heavy (non-hydrogen) atoms. The van der Waals surface area contributed by atoms with Gasteiger partial charge in [-0.25, -0.2) is 0 Å². The fraction of sp³-hybridized carbons (Fsp3) is 0.875. The minimum absolute atomic E-state index is 0.154. The van der Waals surface area contributed by atoms with Crippen LogP contribution >= 0.6 is 0 Å². The molecule has 0 aromatic heterocycles. The van der Waals surface area contributed by atoms with Gasteiger partial charge in [0.2, 0.25) is 0 Å². The third kappa shape index (κ3) is 13.8. The first-order valence-corrected chi connectivity index (χ1v) is 7.75. The van der Waals surface area contributed by atoms with E-state index in [0.29, 0.717) is 0 Å². The van der Waals surface area contributed by atoms with E-state index in [-0.39, 0.29) is 12.0 Å². The minimum atomic E-state index is -0.708. The average Bonchev–Trinajstić information content (AvgIpc) is 2.33. The van der Waals surface area contributed by atoms with Crippen molar-refractivity contribution in [2.75, 3.05) is 34.2 Å². The quantitative estimate of drug-likeness (QED) is 0.496. The Kier molecular flexibility index (Phi) is 14.9. The second-order valence-electron chi connectivity index (χ2n) is 5.96. The van der Waals surface area contributed by atoms with E-state index in [1.54, 1.807) is 0 Å². The zero-order valence-corrected chi connectivity index (χ0v) is 14.6. The molecule has 0 amide bonds. The predicted molar refractivity (Wildman–Crippen MR) is 87.7 cm³/mol. The lowest BCUT2D eigenvalue weighted by atomic mass is 10.0. The predicted octanol–water partition coefficient (Wildman–Crippen LogP) is 2.35. The van der Waals surface area contributed by atoms with Crippen LogP contribution in [-0.2, 0) is 9.59 Å². The summed E-state index contributed by atoms with van der Waals surface area (Å²) >= 11 is 0. The van der Waals surface area contributed by atoms with Crippen LogP contribution in [-0.4, -0.2) is 67.4 Å². The molecule has 1 N–H and O–H groups in total. The van der Waals surface area contributed by atoms with Gasteiger partial charge in [0.05, 0.1) is 0 Å². The van der Waals surface area contributed by atoms with Crippen molar-refractivity contribution in [1.29, 1.82) is 0 Å². The van der Waals surface area contributed by atoms with Gasteiger partial charge in [0.1, 0.15) is 12.3 Å². The number of aldehydes is 1. The van der Waals surface area contributed by atoms with Gasteiger partial charge >= 0.3 is 5.97 Å². The van der Waals surface area contributed by atoms with E-state index in [2.05, 4.69) is 19.0 Å². The first-order chi connectivity index (χ1) is 9.77. The SMILES string of the molecule is CC(C)C(C(=O)O)N(C)CCCCCCN(C)C.CC=O. The van der Waals surface area contributed by atoms with Crippen LogP contribution in [0.4, 0.5) is 0 Å². The Morgan fingerprint density at radius 3 is 1.81 bits per heavy atom. The maximum atomic E-state index is 11.1. The van der Waals surface area contributed by atoms with E-state index in [0.717, 1.165) is 25.8 Å². The second-order valence-corrected chi connectivity index (χ2v) is 5.96. The maximum absolute atomic E-state index is 11.1. The first-order valence-electron chi connectivity index (χ1n) is 7.75. The van der Waals surface area contributed by atoms with Gasteiger partial charge in [0.25, 0.3) is 0 Å². The molecule has 0 aromatic carbocycles. The Morgan fingerprint density at radius 2 is 1.48 bits per heavy atom. The van der Waals surface area contributed by atoms with Crippen LogP contribution in [0.25, 0.3) is 0 Å². The topological polar surface area (TPSA) is 60.9 Å². The molecule has 0 rings (SSSR count). The summed E-state index contributed by atoms with van der Waals surface area (Å²) in [7, 11) is 6.10. The molecule has 0 spiro atoms. The number of carboxylic acids is 1. The molecule has 5 heteroatoms. The van der Waals surface area contributed by atoms with E-state index < -0.39 is 5.97 Å². The van der Waals surface area contributed by atoms with Gasteiger partial charge in [-0.15, -0.1) is 0 Å². The molecule has 0 aliphatic heterocycles. The standard InChI is InChI=1S/C14H30N2O2.C2H4O/c1-12(2)13(14(17)18)16(5)11-9-7-6-8-10-15(3)4;1-2-3/h12-13H,6-11H2,1-5H3,(H,17,18);2H,1H3. The van der Waals surface area contributed by atoms with Crippen molar-refractivity contribution in [2.24, 2.45) is 5.92 Å². The zero-order valence-electron chi connectivity index (χ0n) is 14.6. The highest BCUT2D eigenvalue weighted by Crippen LogP contribution is 2.11. The molecule has 0 bridgehead atoms. The lowest BCUT2D eigenvalue weighted by Crippen LogP contribution is -2.42. The van der Waals surface area contributed by atoms with Gasteiger partial charge in [-0.3, -0.25) is 9.69 Å². The van der Waals surface area contributed by atoms with Gasteiger partial charge in [-0.1, -0.05) is 26.7 Å². The molecule has 5 nitrogen and oxygen atoms in total. The molecular formula is C16H34N2O3. The minimum Gasteiger partial charge on any atom is -0.480 e. The largest absolute Gasteiger partial charge is 0.480 e. The zero-order chi connectivity index (χ0) is 16.8. The number of aliphatic carboxylic acids is 1. The molecule has 0 aliphatic carbocycles. The molecular weight excluding hydrogens is 268 g/mol. The van der Waals surface area contributed by atoms with E-state index >= 15 is 0 Å². The number of carbonyl (C=O) groups excluding carboxylic acids is 1. The molecule has 126 valence electrons. The maximum Gasteiger partial charge on any atom is 0.321 e. The Bertz CT molecular complexity index is 268. The van der Waals surface area contributed by atoms with Gasteiger partial charge in [0, 0.05) is 0 Å². The molecule has 1 atom stereocenters. The highest BCUT2D eigenvalue weighted by atomic mass is 16.4. The van der Waals surface area contributed by atoms with Crippen LogP contribution in [0.5, 0.6) is 0 Å². The monoisotopic (exact) mass is 302 g/mol. The van der Waals surface area contributed by atoms with E-state index in [4.69, 9.17) is 9.90 Å². The number of rotatable bonds is 10. The second kappa shape index (κ2) is 14.0. The number of carbonyl (C=O) groups is 2. The number of hydrogen-bond acceptors (Lipinski definition) is 4. The normalized spacial score (nSPS) is 12.2. The lowest BCUT2D eigenvalue weighted by molar-refractivity contribution is -0.144. The van der Waals surface area contributed by atoms with Crippen molar-refractivity contribution < 1.29 is 14.7 Å². The Hall–Kier alpha value is -0.940. The number of unbranched alkanes of at least 4 members (excludes halogenated alkanes) is 3. The van der Waals surface area contributed by atoms with Gasteiger partial charge in [-0.2, -0.15) is 0 Å². The number of nitrogens with zero attached hydrogens (tertiary/aromatic N) is 2. The highest BCUT2D eigenvalue weighted by molar-refractivity contribution is 5.73. The highest BCUT2D eigenvalue weighted by Gasteiger charge is 2.25. The van der Waals surface area contributed by atoms with Gasteiger partial charge < -0.3 is 14.8 Å². The Morgan fingerprint density at radius 1 is 1.05 bits per heavy atom. The molecule has 0 fully saturated rings. The fourth-order valence-corrected chi connectivity index (χ4v) is 2.26. The van der Waals surface area contributed by atoms with E-state index in [9.17, 15) is 4.79 Å². The van der Waals surface area contributed by atoms with Crippen LogP contribution < -0.4 is 0 Å². The summed E-state index contributed by atoms with van der Waals surface area (Å²) in [5, 5.41) is 9.17. The summed E-state index contributed by atoms with van der Waals surface area (Å²) < 4.78 is 0. The number of carboxylic acid groups (broad SMARTS) is 1. The lowest BCUT2D eigenvalue weighted by Gasteiger charge is -2.27. The third-order valence-corrected chi connectivity index (χ3v) is 3.23. The number of hydrogen-bond donors (Lipinski definition) is 1. The van der Waals surface area contributed by atoms with Gasteiger partial charge in [0.15, 0.2) is 0 Å². The van der Waals surface area contributed by atoms with Crippen LogP contribution in [0, 0.1) is 5.92 Å². The molecule has 0 saturated carbocycles. The van der Waals surface area contributed by atoms with E-state index in [1.165, 1.54) is 26.2 Å². The van der Waals surface area contributed by atoms with Crippen molar-refractivity contribution in [3.63, 3.8) is 0 Å². The molecule has 0 aliphatic rings. The van der Waals surface area contributed by atoms with Crippen LogP contribution in [0.15, 0.2) is 0 Å². The summed E-state index contributed by atoms with van der Waals surface area (Å²) in [6, 6.07) is -0.355. The van der Waals surface area contributed by atoms with Crippen LogP contribution in [0.3, 0.4) is 0 Å².